The molecule has 0 bridgehead atoms. The van der Waals surface area contributed by atoms with Crippen LogP contribution in [-0.2, 0) is 4.79 Å². The lowest BCUT2D eigenvalue weighted by Gasteiger charge is -2.29. The fourth-order valence-electron chi connectivity index (χ4n) is 1.73. The molecule has 0 spiro atoms. The highest BCUT2D eigenvalue weighted by Crippen LogP contribution is 2.29. The van der Waals surface area contributed by atoms with E-state index in [1.54, 1.807) is 18.2 Å². The standard InChI is InChI=1S/C11H11N3O2/c12-6-8-1-2-10-9(5-8)13-7-11(16)14(10)3-4-15/h1-2,5,13,15H,3-4,7H2. The zero-order chi connectivity index (χ0) is 11.5. The largest absolute Gasteiger partial charge is 0.395 e. The number of hydrogen-bond donors (Lipinski definition) is 2. The molecular weight excluding hydrogens is 206 g/mol. The van der Waals surface area contributed by atoms with Crippen LogP contribution in [-0.4, -0.2) is 30.7 Å². The van der Waals surface area contributed by atoms with Crippen molar-refractivity contribution in [3.63, 3.8) is 0 Å². The number of rotatable bonds is 2. The number of β-amino-alcohol motifs (C(OH)–C–C–N with tert-alkyl or cyclic N) is 1. The van der Waals surface area contributed by atoms with Crippen LogP contribution in [0.1, 0.15) is 5.56 Å². The predicted octanol–water partition coefficient (Wildman–Crippen LogP) is 0.309. The van der Waals surface area contributed by atoms with Gasteiger partial charge in [-0.1, -0.05) is 0 Å². The minimum absolute atomic E-state index is 0.0775. The van der Waals surface area contributed by atoms with Crippen molar-refractivity contribution >= 4 is 17.3 Å². The van der Waals surface area contributed by atoms with Gasteiger partial charge in [0, 0.05) is 6.54 Å². The van der Waals surface area contributed by atoms with Crippen LogP contribution in [0.5, 0.6) is 0 Å². The highest BCUT2D eigenvalue weighted by molar-refractivity contribution is 6.02. The second-order valence-corrected chi connectivity index (χ2v) is 3.47. The molecule has 1 aromatic carbocycles. The van der Waals surface area contributed by atoms with Crippen LogP contribution in [0.4, 0.5) is 11.4 Å². The van der Waals surface area contributed by atoms with E-state index < -0.39 is 0 Å². The molecule has 1 aliphatic heterocycles. The minimum atomic E-state index is -0.0782. The van der Waals surface area contributed by atoms with Gasteiger partial charge in [0.1, 0.15) is 0 Å². The molecule has 1 amide bonds. The Balaban J connectivity index is 2.41. The number of nitrogens with one attached hydrogen (secondary N) is 1. The van der Waals surface area contributed by atoms with E-state index in [0.717, 1.165) is 5.69 Å². The summed E-state index contributed by atoms with van der Waals surface area (Å²) in [7, 11) is 0. The third kappa shape index (κ3) is 1.71. The Bertz CT molecular complexity index is 465. The molecule has 0 saturated heterocycles. The van der Waals surface area contributed by atoms with Gasteiger partial charge in [-0.15, -0.1) is 0 Å². The van der Waals surface area contributed by atoms with Gasteiger partial charge in [0.15, 0.2) is 0 Å². The van der Waals surface area contributed by atoms with Crippen molar-refractivity contribution < 1.29 is 9.90 Å². The number of anilines is 2. The van der Waals surface area contributed by atoms with Crippen molar-refractivity contribution in [1.29, 1.82) is 5.26 Å². The SMILES string of the molecule is N#Cc1ccc2c(c1)NCC(=O)N2CCO. The molecule has 5 heteroatoms. The van der Waals surface area contributed by atoms with E-state index >= 15 is 0 Å². The summed E-state index contributed by atoms with van der Waals surface area (Å²) in [5, 5.41) is 20.6. The second kappa shape index (κ2) is 4.21. The summed E-state index contributed by atoms with van der Waals surface area (Å²) in [6.45, 7) is 0.395. The van der Waals surface area contributed by atoms with Crippen molar-refractivity contribution in [2.24, 2.45) is 0 Å². The van der Waals surface area contributed by atoms with Crippen LogP contribution in [0.25, 0.3) is 0 Å². The van der Waals surface area contributed by atoms with Crippen molar-refractivity contribution in [2.45, 2.75) is 0 Å². The molecule has 1 aromatic rings. The lowest BCUT2D eigenvalue weighted by Crippen LogP contribution is -2.41. The lowest BCUT2D eigenvalue weighted by molar-refractivity contribution is -0.117. The van der Waals surface area contributed by atoms with Gasteiger partial charge in [-0.25, -0.2) is 0 Å². The molecule has 16 heavy (non-hydrogen) atoms. The topological polar surface area (TPSA) is 76.4 Å². The monoisotopic (exact) mass is 217 g/mol. The molecule has 0 radical (unpaired) electrons. The summed E-state index contributed by atoms with van der Waals surface area (Å²) in [6.07, 6.45) is 0. The smallest absolute Gasteiger partial charge is 0.246 e. The molecule has 0 fully saturated rings. The van der Waals surface area contributed by atoms with Gasteiger partial charge in [0.25, 0.3) is 0 Å². The molecule has 5 nitrogen and oxygen atoms in total. The summed E-state index contributed by atoms with van der Waals surface area (Å²) in [5.41, 5.74) is 2.01. The Hall–Kier alpha value is -2.06. The van der Waals surface area contributed by atoms with E-state index in [0.29, 0.717) is 11.3 Å². The molecule has 0 saturated carbocycles. The molecule has 2 N–H and O–H groups in total. The zero-order valence-electron chi connectivity index (χ0n) is 8.60. The number of carbonyl (C=O) groups is 1. The second-order valence-electron chi connectivity index (χ2n) is 3.47. The van der Waals surface area contributed by atoms with E-state index in [1.165, 1.54) is 4.90 Å². The average molecular weight is 217 g/mol. The summed E-state index contributed by atoms with van der Waals surface area (Å²) in [6, 6.07) is 7.11. The lowest BCUT2D eigenvalue weighted by atomic mass is 10.1. The van der Waals surface area contributed by atoms with Crippen molar-refractivity contribution in [2.75, 3.05) is 29.9 Å². The van der Waals surface area contributed by atoms with Gasteiger partial charge >= 0.3 is 0 Å². The molecule has 1 aliphatic rings. The fourth-order valence-corrected chi connectivity index (χ4v) is 1.73. The van der Waals surface area contributed by atoms with Gasteiger partial charge in [0.2, 0.25) is 5.91 Å². The normalized spacial score (nSPS) is 14.0. The Kier molecular flexibility index (Phi) is 2.75. The number of aliphatic hydroxyl groups is 1. The maximum absolute atomic E-state index is 11.6. The number of aliphatic hydroxyl groups excluding tert-OH is 1. The van der Waals surface area contributed by atoms with E-state index in [9.17, 15) is 4.79 Å². The number of hydrogen-bond acceptors (Lipinski definition) is 4. The Morgan fingerprint density at radius 1 is 1.56 bits per heavy atom. The quantitative estimate of drug-likeness (QED) is 0.747. The maximum atomic E-state index is 11.6. The number of carbonyl (C=O) groups excluding carboxylic acids is 1. The van der Waals surface area contributed by atoms with Crippen LogP contribution in [0.2, 0.25) is 0 Å². The van der Waals surface area contributed by atoms with E-state index in [2.05, 4.69) is 5.32 Å². The molecule has 0 aromatic heterocycles. The van der Waals surface area contributed by atoms with Crippen LogP contribution >= 0.6 is 0 Å². The van der Waals surface area contributed by atoms with E-state index in [4.69, 9.17) is 10.4 Å². The zero-order valence-corrected chi connectivity index (χ0v) is 8.60. The molecule has 0 atom stereocenters. The first-order chi connectivity index (χ1) is 7.76. The molecule has 2 rings (SSSR count). The van der Waals surface area contributed by atoms with Crippen LogP contribution in [0.3, 0.4) is 0 Å². The van der Waals surface area contributed by atoms with Crippen LogP contribution in [0, 0.1) is 11.3 Å². The first-order valence-electron chi connectivity index (χ1n) is 4.95. The van der Waals surface area contributed by atoms with Crippen LogP contribution < -0.4 is 10.2 Å². The summed E-state index contributed by atoms with van der Waals surface area (Å²) in [4.78, 5) is 13.1. The number of benzene rings is 1. The third-order valence-electron chi connectivity index (χ3n) is 2.47. The van der Waals surface area contributed by atoms with Gasteiger partial charge in [-0.05, 0) is 18.2 Å². The molecule has 0 unspecified atom stereocenters. The van der Waals surface area contributed by atoms with Crippen molar-refractivity contribution in [1.82, 2.24) is 0 Å². The summed E-state index contributed by atoms with van der Waals surface area (Å²) < 4.78 is 0. The van der Waals surface area contributed by atoms with Gasteiger partial charge < -0.3 is 15.3 Å². The van der Waals surface area contributed by atoms with Gasteiger partial charge in [-0.2, -0.15) is 5.26 Å². The molecule has 82 valence electrons. The Morgan fingerprint density at radius 3 is 3.06 bits per heavy atom. The van der Waals surface area contributed by atoms with E-state index in [-0.39, 0.29) is 25.6 Å². The van der Waals surface area contributed by atoms with E-state index in [1.807, 2.05) is 6.07 Å². The predicted molar refractivity (Wildman–Crippen MR) is 59.1 cm³/mol. The van der Waals surface area contributed by atoms with Crippen LogP contribution in [0.15, 0.2) is 18.2 Å². The number of nitriles is 1. The Labute approximate surface area is 92.9 Å². The average Bonchev–Trinajstić information content (AvgIpc) is 2.32. The van der Waals surface area contributed by atoms with Gasteiger partial charge in [-0.3, -0.25) is 4.79 Å². The minimum Gasteiger partial charge on any atom is -0.395 e. The summed E-state index contributed by atoms with van der Waals surface area (Å²) in [5.74, 6) is -0.0775. The highest BCUT2D eigenvalue weighted by Gasteiger charge is 2.23. The first-order valence-corrected chi connectivity index (χ1v) is 4.95. The highest BCUT2D eigenvalue weighted by atomic mass is 16.3. The van der Waals surface area contributed by atoms with Gasteiger partial charge in [0.05, 0.1) is 36.2 Å². The third-order valence-corrected chi connectivity index (χ3v) is 2.47. The number of fused-ring (bicyclic) bond motifs is 1. The fraction of sp³-hybridized carbons (Fsp3) is 0.273. The summed E-state index contributed by atoms with van der Waals surface area (Å²) >= 11 is 0. The molecule has 1 heterocycles. The first kappa shape index (κ1) is 10.5. The number of amides is 1. The number of nitrogens with zero attached hydrogens (tertiary/aromatic N) is 2. The molecular formula is C11H11N3O2. The molecule has 0 aliphatic carbocycles. The van der Waals surface area contributed by atoms with Crippen molar-refractivity contribution in [3.8, 4) is 6.07 Å². The Morgan fingerprint density at radius 2 is 2.38 bits per heavy atom. The van der Waals surface area contributed by atoms with Crippen molar-refractivity contribution in [3.05, 3.63) is 23.8 Å². The maximum Gasteiger partial charge on any atom is 0.246 e.